The predicted octanol–water partition coefficient (Wildman–Crippen LogP) is 3.24. The van der Waals surface area contributed by atoms with E-state index in [0.29, 0.717) is 19.5 Å². The molecule has 0 radical (unpaired) electrons. The van der Waals surface area contributed by atoms with Crippen molar-refractivity contribution in [3.8, 4) is 0 Å². The predicted molar refractivity (Wildman–Crippen MR) is 97.9 cm³/mol. The summed E-state index contributed by atoms with van der Waals surface area (Å²) in [5, 5.41) is 2.81. The van der Waals surface area contributed by atoms with Crippen molar-refractivity contribution < 1.29 is 14.0 Å². The summed E-state index contributed by atoms with van der Waals surface area (Å²) >= 11 is 0. The van der Waals surface area contributed by atoms with Gasteiger partial charge in [0.25, 0.3) is 0 Å². The maximum Gasteiger partial charge on any atom is 0.224 e. The Morgan fingerprint density at radius 1 is 1.08 bits per heavy atom. The molecule has 1 unspecified atom stereocenters. The zero-order valence-corrected chi connectivity index (χ0v) is 14.7. The maximum atomic E-state index is 13.1. The van der Waals surface area contributed by atoms with Crippen molar-refractivity contribution in [2.24, 2.45) is 0 Å². The average Bonchev–Trinajstić information content (AvgIpc) is 3.13. The molecule has 0 aliphatic carbocycles. The number of rotatable bonds is 6. The van der Waals surface area contributed by atoms with Gasteiger partial charge < -0.3 is 10.2 Å². The summed E-state index contributed by atoms with van der Waals surface area (Å²) in [6.07, 6.45) is 2.42. The standard InChI is InChI=1S/C21H23FN2O2/c22-18-10-8-17(9-11-18)19-7-4-14-24(19)21(26)12-13-23-20(25)15-16-5-2-1-3-6-16/h1-3,5-6,8-11,19H,4,7,12-15H2,(H,23,25). The SMILES string of the molecule is O=C(Cc1ccccc1)NCCC(=O)N1CCCC1c1ccc(F)cc1. The third-order valence-corrected chi connectivity index (χ3v) is 4.70. The van der Waals surface area contributed by atoms with Crippen molar-refractivity contribution >= 4 is 11.8 Å². The largest absolute Gasteiger partial charge is 0.355 e. The molecule has 0 spiro atoms. The first-order valence-electron chi connectivity index (χ1n) is 8.99. The molecule has 1 aliphatic heterocycles. The van der Waals surface area contributed by atoms with Crippen molar-refractivity contribution in [1.29, 1.82) is 0 Å². The van der Waals surface area contributed by atoms with E-state index in [1.807, 2.05) is 35.2 Å². The van der Waals surface area contributed by atoms with Crippen molar-refractivity contribution in [1.82, 2.24) is 10.2 Å². The number of carbonyl (C=O) groups is 2. The molecule has 4 nitrogen and oxygen atoms in total. The highest BCUT2D eigenvalue weighted by Gasteiger charge is 2.29. The number of halogens is 1. The molecule has 5 heteroatoms. The van der Waals surface area contributed by atoms with Gasteiger partial charge in [0.2, 0.25) is 11.8 Å². The van der Waals surface area contributed by atoms with E-state index in [0.717, 1.165) is 24.0 Å². The summed E-state index contributed by atoms with van der Waals surface area (Å²) in [7, 11) is 0. The maximum absolute atomic E-state index is 13.1. The number of benzene rings is 2. The summed E-state index contributed by atoms with van der Waals surface area (Å²) in [5.41, 5.74) is 1.91. The van der Waals surface area contributed by atoms with E-state index in [1.165, 1.54) is 12.1 Å². The third-order valence-electron chi connectivity index (χ3n) is 4.70. The molecule has 1 N–H and O–H groups in total. The van der Waals surface area contributed by atoms with Gasteiger partial charge in [-0.25, -0.2) is 4.39 Å². The molecule has 1 saturated heterocycles. The van der Waals surface area contributed by atoms with Crippen molar-refractivity contribution in [3.05, 3.63) is 71.5 Å². The fraction of sp³-hybridized carbons (Fsp3) is 0.333. The van der Waals surface area contributed by atoms with E-state index in [4.69, 9.17) is 0 Å². The number of nitrogens with one attached hydrogen (secondary N) is 1. The van der Waals surface area contributed by atoms with Crippen molar-refractivity contribution in [3.63, 3.8) is 0 Å². The first-order valence-corrected chi connectivity index (χ1v) is 8.99. The quantitative estimate of drug-likeness (QED) is 0.866. The lowest BCUT2D eigenvalue weighted by atomic mass is 10.0. The summed E-state index contributed by atoms with van der Waals surface area (Å²) in [6.45, 7) is 1.04. The Labute approximate surface area is 153 Å². The van der Waals surface area contributed by atoms with Crippen LogP contribution in [0.4, 0.5) is 4.39 Å². The molecule has 0 aromatic heterocycles. The van der Waals surface area contributed by atoms with E-state index in [-0.39, 0.29) is 30.1 Å². The third kappa shape index (κ3) is 4.69. The highest BCUT2D eigenvalue weighted by molar-refractivity contribution is 5.80. The fourth-order valence-corrected chi connectivity index (χ4v) is 3.39. The van der Waals surface area contributed by atoms with E-state index >= 15 is 0 Å². The number of likely N-dealkylation sites (tertiary alicyclic amines) is 1. The lowest BCUT2D eigenvalue weighted by molar-refractivity contribution is -0.132. The van der Waals surface area contributed by atoms with Crippen LogP contribution in [0.1, 0.15) is 36.4 Å². The molecule has 1 fully saturated rings. The minimum Gasteiger partial charge on any atom is -0.355 e. The molecular weight excluding hydrogens is 331 g/mol. The molecule has 3 rings (SSSR count). The topological polar surface area (TPSA) is 49.4 Å². The van der Waals surface area contributed by atoms with Crippen LogP contribution < -0.4 is 5.32 Å². The average molecular weight is 354 g/mol. The Bertz CT molecular complexity index is 746. The van der Waals surface area contributed by atoms with Crippen LogP contribution in [-0.4, -0.2) is 29.8 Å². The number of nitrogens with zero attached hydrogens (tertiary/aromatic N) is 1. The van der Waals surface area contributed by atoms with Crippen LogP contribution in [0.15, 0.2) is 54.6 Å². The number of amides is 2. The number of hydrogen-bond donors (Lipinski definition) is 1. The highest BCUT2D eigenvalue weighted by atomic mass is 19.1. The molecule has 0 bridgehead atoms. The number of hydrogen-bond acceptors (Lipinski definition) is 2. The van der Waals surface area contributed by atoms with Crippen LogP contribution in [0.2, 0.25) is 0 Å². The van der Waals surface area contributed by atoms with Crippen molar-refractivity contribution in [2.45, 2.75) is 31.7 Å². The van der Waals surface area contributed by atoms with E-state index < -0.39 is 0 Å². The van der Waals surface area contributed by atoms with Crippen LogP contribution in [0.5, 0.6) is 0 Å². The molecule has 1 heterocycles. The van der Waals surface area contributed by atoms with Gasteiger partial charge in [-0.15, -0.1) is 0 Å². The van der Waals surface area contributed by atoms with Crippen LogP contribution in [0.3, 0.4) is 0 Å². The summed E-state index contributed by atoms with van der Waals surface area (Å²) in [5.74, 6) is -0.330. The summed E-state index contributed by atoms with van der Waals surface area (Å²) in [6, 6.07) is 15.9. The van der Waals surface area contributed by atoms with Crippen LogP contribution >= 0.6 is 0 Å². The normalized spacial score (nSPS) is 16.5. The van der Waals surface area contributed by atoms with E-state index in [9.17, 15) is 14.0 Å². The summed E-state index contributed by atoms with van der Waals surface area (Å²) < 4.78 is 13.1. The minimum atomic E-state index is -0.272. The Balaban J connectivity index is 1.48. The van der Waals surface area contributed by atoms with Crippen LogP contribution in [0, 0.1) is 5.82 Å². The molecular formula is C21H23FN2O2. The van der Waals surface area contributed by atoms with Gasteiger partial charge in [0, 0.05) is 19.5 Å². The first-order chi connectivity index (χ1) is 12.6. The Morgan fingerprint density at radius 3 is 2.54 bits per heavy atom. The van der Waals surface area contributed by atoms with Crippen LogP contribution in [0.25, 0.3) is 0 Å². The monoisotopic (exact) mass is 354 g/mol. The Hall–Kier alpha value is -2.69. The first kappa shape index (κ1) is 18.1. The summed E-state index contributed by atoms with van der Waals surface area (Å²) in [4.78, 5) is 26.3. The zero-order chi connectivity index (χ0) is 18.4. The van der Waals surface area contributed by atoms with Gasteiger partial charge in [-0.1, -0.05) is 42.5 Å². The van der Waals surface area contributed by atoms with E-state index in [1.54, 1.807) is 12.1 Å². The van der Waals surface area contributed by atoms with Crippen molar-refractivity contribution in [2.75, 3.05) is 13.1 Å². The smallest absolute Gasteiger partial charge is 0.224 e. The molecule has 2 aromatic rings. The molecule has 26 heavy (non-hydrogen) atoms. The van der Waals surface area contributed by atoms with Gasteiger partial charge in [0.1, 0.15) is 5.82 Å². The Morgan fingerprint density at radius 2 is 1.81 bits per heavy atom. The van der Waals surface area contributed by atoms with Gasteiger partial charge in [0.05, 0.1) is 12.5 Å². The van der Waals surface area contributed by atoms with Gasteiger partial charge in [-0.2, -0.15) is 0 Å². The zero-order valence-electron chi connectivity index (χ0n) is 14.7. The fourth-order valence-electron chi connectivity index (χ4n) is 3.39. The molecule has 136 valence electrons. The molecule has 1 atom stereocenters. The van der Waals surface area contributed by atoms with Gasteiger partial charge in [-0.3, -0.25) is 9.59 Å². The molecule has 0 saturated carbocycles. The van der Waals surface area contributed by atoms with Gasteiger partial charge in [-0.05, 0) is 36.1 Å². The highest BCUT2D eigenvalue weighted by Crippen LogP contribution is 2.32. The van der Waals surface area contributed by atoms with Gasteiger partial charge in [0.15, 0.2) is 0 Å². The second-order valence-corrected chi connectivity index (χ2v) is 6.56. The van der Waals surface area contributed by atoms with Gasteiger partial charge >= 0.3 is 0 Å². The number of carbonyl (C=O) groups excluding carboxylic acids is 2. The second kappa shape index (κ2) is 8.61. The van der Waals surface area contributed by atoms with E-state index in [2.05, 4.69) is 5.32 Å². The molecule has 2 amide bonds. The molecule has 1 aliphatic rings. The second-order valence-electron chi connectivity index (χ2n) is 6.56. The van der Waals surface area contributed by atoms with Crippen LogP contribution in [-0.2, 0) is 16.0 Å². The molecule has 2 aromatic carbocycles. The lowest BCUT2D eigenvalue weighted by Gasteiger charge is -2.25. The minimum absolute atomic E-state index is 0.00289. The Kier molecular flexibility index (Phi) is 6.00. The lowest BCUT2D eigenvalue weighted by Crippen LogP contribution is -2.34.